The molecule has 0 aliphatic rings. The zero-order chi connectivity index (χ0) is 23.0. The van der Waals surface area contributed by atoms with Gasteiger partial charge in [-0.15, -0.1) is 5.10 Å². The molecule has 0 aliphatic heterocycles. The summed E-state index contributed by atoms with van der Waals surface area (Å²) in [5.41, 5.74) is 4.10. The second-order valence-corrected chi connectivity index (χ2v) is 7.02. The van der Waals surface area contributed by atoms with Crippen molar-refractivity contribution < 1.29 is 14.0 Å². The van der Waals surface area contributed by atoms with E-state index < -0.39 is 0 Å². The molecule has 33 heavy (non-hydrogen) atoms. The molecule has 0 saturated heterocycles. The van der Waals surface area contributed by atoms with Gasteiger partial charge in [0.15, 0.2) is 11.6 Å². The van der Waals surface area contributed by atoms with Crippen molar-refractivity contribution in [2.75, 3.05) is 0 Å². The Labute approximate surface area is 189 Å². The second-order valence-electron chi connectivity index (χ2n) is 7.02. The highest BCUT2D eigenvalue weighted by Gasteiger charge is 2.15. The first-order valence-electron chi connectivity index (χ1n) is 10.1. The Bertz CT molecular complexity index is 1340. The maximum atomic E-state index is 14.3. The molecule has 5 aromatic rings. The van der Waals surface area contributed by atoms with Crippen LogP contribution in [-0.4, -0.2) is 20.9 Å². The van der Waals surface area contributed by atoms with Crippen LogP contribution in [0.2, 0.25) is 0 Å². The number of rotatable bonds is 4. The number of aromatic nitrogens is 3. The smallest absolute Gasteiger partial charge is 0.213 e. The first kappa shape index (κ1) is 21.6. The molecule has 0 radical (unpaired) electrons. The molecule has 0 fully saturated rings. The van der Waals surface area contributed by atoms with E-state index in [0.717, 1.165) is 28.2 Å². The van der Waals surface area contributed by atoms with E-state index in [9.17, 15) is 4.39 Å². The Morgan fingerprint density at radius 1 is 0.667 bits per heavy atom. The number of carbonyl (C=O) groups excluding carboxylic acids is 2. The fourth-order valence-corrected chi connectivity index (χ4v) is 3.48. The van der Waals surface area contributed by atoms with Crippen molar-refractivity contribution >= 4 is 6.15 Å². The van der Waals surface area contributed by atoms with Gasteiger partial charge in [0.2, 0.25) is 0 Å². The molecule has 1 aromatic heterocycles. The molecule has 5 rings (SSSR count). The molecule has 1 heterocycles. The molecular weight excluding hydrogens is 417 g/mol. The maximum absolute atomic E-state index is 14.3. The zero-order valence-electron chi connectivity index (χ0n) is 17.4. The lowest BCUT2D eigenvalue weighted by Crippen LogP contribution is -1.99. The summed E-state index contributed by atoms with van der Waals surface area (Å²) in [5, 5.41) is 4.80. The van der Waals surface area contributed by atoms with Gasteiger partial charge in [0.05, 0.1) is 5.69 Å². The molecule has 0 amide bonds. The molecule has 160 valence electrons. The summed E-state index contributed by atoms with van der Waals surface area (Å²) >= 11 is 0. The molecule has 0 spiro atoms. The van der Waals surface area contributed by atoms with Gasteiger partial charge in [-0.1, -0.05) is 84.9 Å². The average molecular weight is 435 g/mol. The largest absolute Gasteiger partial charge is 0.373 e. The summed E-state index contributed by atoms with van der Waals surface area (Å²) in [7, 11) is 0. The zero-order valence-corrected chi connectivity index (χ0v) is 17.4. The number of hydrogen-bond donors (Lipinski definition) is 0. The Morgan fingerprint density at radius 2 is 1.24 bits per heavy atom. The SMILES string of the molecule is Fc1ccccc1-c1cccc(-c2nc(-c3ccccc3)n(-c3ccccc3)n2)c1.O=C=O. The summed E-state index contributed by atoms with van der Waals surface area (Å²) in [5.74, 6) is 1.10. The molecule has 0 atom stereocenters. The van der Waals surface area contributed by atoms with Gasteiger partial charge in [0.25, 0.3) is 0 Å². The number of para-hydroxylation sites is 1. The summed E-state index contributed by atoms with van der Waals surface area (Å²) in [6.07, 6.45) is 0.250. The molecule has 0 unspecified atom stereocenters. The van der Waals surface area contributed by atoms with Crippen LogP contribution in [0.1, 0.15) is 0 Å². The lowest BCUT2D eigenvalue weighted by Gasteiger charge is -2.05. The minimum atomic E-state index is -0.248. The summed E-state index contributed by atoms with van der Waals surface area (Å²) in [6.45, 7) is 0. The van der Waals surface area contributed by atoms with Crippen molar-refractivity contribution in [3.63, 3.8) is 0 Å². The fourth-order valence-electron chi connectivity index (χ4n) is 3.48. The maximum Gasteiger partial charge on any atom is 0.373 e. The predicted octanol–water partition coefficient (Wildman–Crippen LogP) is 5.82. The van der Waals surface area contributed by atoms with Crippen LogP contribution in [0.4, 0.5) is 4.39 Å². The van der Waals surface area contributed by atoms with Crippen LogP contribution in [0, 0.1) is 5.82 Å². The van der Waals surface area contributed by atoms with Gasteiger partial charge in [-0.05, 0) is 29.8 Å². The normalized spacial score (nSPS) is 10.1. The lowest BCUT2D eigenvalue weighted by atomic mass is 10.0. The van der Waals surface area contributed by atoms with Gasteiger partial charge in [0.1, 0.15) is 5.82 Å². The van der Waals surface area contributed by atoms with Crippen molar-refractivity contribution in [1.29, 1.82) is 0 Å². The van der Waals surface area contributed by atoms with Gasteiger partial charge in [-0.2, -0.15) is 9.59 Å². The molecular formula is C27H18FN3O2. The number of hydrogen-bond acceptors (Lipinski definition) is 4. The topological polar surface area (TPSA) is 64.8 Å². The van der Waals surface area contributed by atoms with Crippen molar-refractivity contribution in [2.45, 2.75) is 0 Å². The molecule has 0 saturated carbocycles. The fraction of sp³-hybridized carbons (Fsp3) is 0. The molecule has 5 nitrogen and oxygen atoms in total. The van der Waals surface area contributed by atoms with E-state index in [1.54, 1.807) is 12.1 Å². The number of halogens is 1. The van der Waals surface area contributed by atoms with Crippen molar-refractivity contribution in [2.24, 2.45) is 0 Å². The monoisotopic (exact) mass is 435 g/mol. The quantitative estimate of drug-likeness (QED) is 0.357. The van der Waals surface area contributed by atoms with Gasteiger partial charge < -0.3 is 0 Å². The number of nitrogens with zero attached hydrogens (tertiary/aromatic N) is 3. The molecule has 6 heteroatoms. The van der Waals surface area contributed by atoms with Crippen molar-refractivity contribution in [3.8, 4) is 39.6 Å². The summed E-state index contributed by atoms with van der Waals surface area (Å²) in [4.78, 5) is 21.1. The highest BCUT2D eigenvalue weighted by molar-refractivity contribution is 5.72. The summed E-state index contributed by atoms with van der Waals surface area (Å²) < 4.78 is 16.1. The molecule has 4 aromatic carbocycles. The van der Waals surface area contributed by atoms with Gasteiger partial charge in [-0.3, -0.25) is 0 Å². The minimum absolute atomic E-state index is 0.248. The van der Waals surface area contributed by atoms with E-state index >= 15 is 0 Å². The van der Waals surface area contributed by atoms with E-state index in [-0.39, 0.29) is 12.0 Å². The Kier molecular flexibility index (Phi) is 6.59. The predicted molar refractivity (Wildman–Crippen MR) is 123 cm³/mol. The van der Waals surface area contributed by atoms with Crippen LogP contribution in [-0.2, 0) is 9.59 Å². The van der Waals surface area contributed by atoms with Crippen LogP contribution < -0.4 is 0 Å². The van der Waals surface area contributed by atoms with Crippen LogP contribution in [0.3, 0.4) is 0 Å². The first-order valence-corrected chi connectivity index (χ1v) is 10.1. The van der Waals surface area contributed by atoms with Gasteiger partial charge in [-0.25, -0.2) is 14.1 Å². The van der Waals surface area contributed by atoms with Crippen molar-refractivity contribution in [3.05, 3.63) is 115 Å². The average Bonchev–Trinajstić information content (AvgIpc) is 3.32. The Morgan fingerprint density at radius 3 is 1.94 bits per heavy atom. The first-order chi connectivity index (χ1) is 16.2. The second kappa shape index (κ2) is 10.1. The van der Waals surface area contributed by atoms with Crippen molar-refractivity contribution in [1.82, 2.24) is 14.8 Å². The van der Waals surface area contributed by atoms with E-state index in [1.165, 1.54) is 6.07 Å². The third-order valence-electron chi connectivity index (χ3n) is 4.95. The van der Waals surface area contributed by atoms with Gasteiger partial charge in [0, 0.05) is 16.7 Å². The van der Waals surface area contributed by atoms with Gasteiger partial charge >= 0.3 is 6.15 Å². The number of benzene rings is 4. The van der Waals surface area contributed by atoms with E-state index in [0.29, 0.717) is 11.4 Å². The van der Waals surface area contributed by atoms with E-state index in [1.807, 2.05) is 95.7 Å². The Hall–Kier alpha value is -4.67. The third-order valence-corrected chi connectivity index (χ3v) is 4.95. The highest BCUT2D eigenvalue weighted by Crippen LogP contribution is 2.29. The molecule has 0 bridgehead atoms. The van der Waals surface area contributed by atoms with Crippen LogP contribution in [0.15, 0.2) is 109 Å². The highest BCUT2D eigenvalue weighted by atomic mass is 19.1. The van der Waals surface area contributed by atoms with Crippen LogP contribution in [0.5, 0.6) is 0 Å². The minimum Gasteiger partial charge on any atom is -0.213 e. The van der Waals surface area contributed by atoms with E-state index in [2.05, 4.69) is 0 Å². The standard InChI is InChI=1S/C26H18FN3.CO2/c27-24-17-8-7-16-23(24)20-12-9-13-21(18-20)25-28-26(19-10-3-1-4-11-19)30(29-25)22-14-5-2-6-15-22;2-1-3/h1-18H;. The van der Waals surface area contributed by atoms with Crippen LogP contribution >= 0.6 is 0 Å². The Balaban J connectivity index is 0.000000821. The van der Waals surface area contributed by atoms with E-state index in [4.69, 9.17) is 19.7 Å². The third kappa shape index (κ3) is 4.82. The summed E-state index contributed by atoms with van der Waals surface area (Å²) in [6, 6.07) is 34.4. The lowest BCUT2D eigenvalue weighted by molar-refractivity contribution is -0.191. The molecule has 0 N–H and O–H groups in total. The van der Waals surface area contributed by atoms with Crippen LogP contribution in [0.25, 0.3) is 39.6 Å². The molecule has 0 aliphatic carbocycles.